The number of ether oxygens (including phenoxy) is 2. The summed E-state index contributed by atoms with van der Waals surface area (Å²) in [6.45, 7) is 2.19. The minimum absolute atomic E-state index is 0.0713. The zero-order chi connectivity index (χ0) is 18.9. The number of Topliss-reactive ketones (excluding diaryl/α,β-unsaturated/α-hetero) is 1. The van der Waals surface area contributed by atoms with Crippen molar-refractivity contribution in [3.8, 4) is 17.6 Å². The molecule has 7 nitrogen and oxygen atoms in total. The van der Waals surface area contributed by atoms with Crippen LogP contribution in [0.5, 0.6) is 11.5 Å². The van der Waals surface area contributed by atoms with Crippen LogP contribution in [0.1, 0.15) is 23.0 Å². The van der Waals surface area contributed by atoms with Crippen LogP contribution in [-0.2, 0) is 4.79 Å². The number of rotatable bonds is 8. The normalized spacial score (nSPS) is 10.7. The van der Waals surface area contributed by atoms with Gasteiger partial charge in [-0.3, -0.25) is 9.59 Å². The zero-order valence-electron chi connectivity index (χ0n) is 14.4. The average Bonchev–Trinajstić information content (AvgIpc) is 3.19. The molecule has 0 aliphatic carbocycles. The summed E-state index contributed by atoms with van der Waals surface area (Å²) in [6, 6.07) is 9.81. The lowest BCUT2D eigenvalue weighted by atomic mass is 10.1. The highest BCUT2D eigenvalue weighted by Crippen LogP contribution is 2.29. The standard InChI is InChI=1S/C19H18N2O5/c1-3-21-18(22)12-26-15-7-6-13(10-17(15)24-2)9-14(11-20)19(23)16-5-4-8-25-16/h4-10H,3,12H2,1-2H3,(H,21,22)/b14-9+. The van der Waals surface area contributed by atoms with Gasteiger partial charge in [0.15, 0.2) is 23.9 Å². The van der Waals surface area contributed by atoms with Crippen molar-refractivity contribution in [3.63, 3.8) is 0 Å². The summed E-state index contributed by atoms with van der Waals surface area (Å²) in [4.78, 5) is 23.7. The van der Waals surface area contributed by atoms with Gasteiger partial charge >= 0.3 is 0 Å². The minimum Gasteiger partial charge on any atom is -0.493 e. The van der Waals surface area contributed by atoms with Crippen molar-refractivity contribution in [1.82, 2.24) is 5.32 Å². The highest BCUT2D eigenvalue weighted by atomic mass is 16.5. The molecule has 26 heavy (non-hydrogen) atoms. The third-order valence-corrected chi connectivity index (χ3v) is 3.34. The number of nitrogens with zero attached hydrogens (tertiary/aromatic N) is 1. The summed E-state index contributed by atoms with van der Waals surface area (Å²) in [7, 11) is 1.46. The van der Waals surface area contributed by atoms with Crippen molar-refractivity contribution < 1.29 is 23.5 Å². The topological polar surface area (TPSA) is 102 Å². The largest absolute Gasteiger partial charge is 0.493 e. The van der Waals surface area contributed by atoms with Crippen molar-refractivity contribution in [3.05, 3.63) is 53.5 Å². The number of nitrogens with one attached hydrogen (secondary N) is 1. The van der Waals surface area contributed by atoms with Crippen LogP contribution in [0.3, 0.4) is 0 Å². The average molecular weight is 354 g/mol. The van der Waals surface area contributed by atoms with Gasteiger partial charge in [-0.25, -0.2) is 0 Å². The molecule has 1 aromatic carbocycles. The number of hydrogen-bond acceptors (Lipinski definition) is 6. The number of ketones is 1. The summed E-state index contributed by atoms with van der Waals surface area (Å²) < 4.78 is 15.7. The molecule has 0 atom stereocenters. The van der Waals surface area contributed by atoms with Crippen LogP contribution < -0.4 is 14.8 Å². The molecule has 0 spiro atoms. The number of nitriles is 1. The van der Waals surface area contributed by atoms with Crippen molar-refractivity contribution in [1.29, 1.82) is 5.26 Å². The van der Waals surface area contributed by atoms with Gasteiger partial charge in [0.05, 0.1) is 13.4 Å². The Morgan fingerprint density at radius 1 is 1.31 bits per heavy atom. The van der Waals surface area contributed by atoms with E-state index >= 15 is 0 Å². The molecule has 1 heterocycles. The number of carbonyl (C=O) groups is 2. The van der Waals surface area contributed by atoms with E-state index in [9.17, 15) is 14.9 Å². The number of methoxy groups -OCH3 is 1. The fourth-order valence-corrected chi connectivity index (χ4v) is 2.14. The molecule has 0 aliphatic rings. The number of benzene rings is 1. The first kappa shape index (κ1) is 18.8. The highest BCUT2D eigenvalue weighted by molar-refractivity contribution is 6.12. The van der Waals surface area contributed by atoms with E-state index in [1.807, 2.05) is 13.0 Å². The lowest BCUT2D eigenvalue weighted by Gasteiger charge is -2.11. The molecule has 134 valence electrons. The Morgan fingerprint density at radius 3 is 2.73 bits per heavy atom. The first-order valence-corrected chi connectivity index (χ1v) is 7.86. The van der Waals surface area contributed by atoms with E-state index in [1.165, 1.54) is 25.5 Å². The van der Waals surface area contributed by atoms with E-state index in [-0.39, 0.29) is 23.8 Å². The van der Waals surface area contributed by atoms with Crippen LogP contribution in [-0.4, -0.2) is 32.0 Å². The van der Waals surface area contributed by atoms with Crippen LogP contribution in [0.4, 0.5) is 0 Å². The highest BCUT2D eigenvalue weighted by Gasteiger charge is 2.15. The van der Waals surface area contributed by atoms with Crippen molar-refractivity contribution in [2.24, 2.45) is 0 Å². The lowest BCUT2D eigenvalue weighted by Crippen LogP contribution is -2.28. The molecule has 1 amide bonds. The summed E-state index contributed by atoms with van der Waals surface area (Å²) in [6.07, 6.45) is 2.80. The molecule has 0 bridgehead atoms. The number of likely N-dealkylation sites (N-methyl/N-ethyl adjacent to an activating group) is 1. The van der Waals surface area contributed by atoms with Crippen molar-refractivity contribution in [2.45, 2.75) is 6.92 Å². The summed E-state index contributed by atoms with van der Waals surface area (Å²) in [5.74, 6) is 0.103. The van der Waals surface area contributed by atoms with Gasteiger partial charge in [0.1, 0.15) is 11.6 Å². The monoisotopic (exact) mass is 354 g/mol. The Balaban J connectivity index is 2.21. The van der Waals surface area contributed by atoms with E-state index in [4.69, 9.17) is 13.9 Å². The molecule has 0 saturated heterocycles. The van der Waals surface area contributed by atoms with Gasteiger partial charge in [-0.1, -0.05) is 6.07 Å². The molecule has 0 fully saturated rings. The van der Waals surface area contributed by atoms with Crippen molar-refractivity contribution in [2.75, 3.05) is 20.3 Å². The number of furan rings is 1. The Labute approximate surface area is 150 Å². The van der Waals surface area contributed by atoms with Gasteiger partial charge in [0.2, 0.25) is 5.78 Å². The minimum atomic E-state index is -0.506. The first-order chi connectivity index (χ1) is 12.6. The van der Waals surface area contributed by atoms with E-state index in [1.54, 1.807) is 24.3 Å². The van der Waals surface area contributed by atoms with Crippen LogP contribution >= 0.6 is 0 Å². The zero-order valence-corrected chi connectivity index (χ0v) is 14.4. The Hall–Kier alpha value is -3.53. The van der Waals surface area contributed by atoms with E-state index in [0.29, 0.717) is 23.6 Å². The molecule has 2 aromatic rings. The predicted molar refractivity (Wildman–Crippen MR) is 93.8 cm³/mol. The molecule has 0 aliphatic heterocycles. The van der Waals surface area contributed by atoms with Gasteiger partial charge in [-0.05, 0) is 42.8 Å². The summed E-state index contributed by atoms with van der Waals surface area (Å²) in [5.41, 5.74) is 0.502. The fourth-order valence-electron chi connectivity index (χ4n) is 2.14. The molecule has 1 aromatic heterocycles. The van der Waals surface area contributed by atoms with Gasteiger partial charge in [0.25, 0.3) is 5.91 Å². The number of allylic oxidation sites excluding steroid dienone is 1. The molecule has 0 radical (unpaired) electrons. The van der Waals surface area contributed by atoms with E-state index in [0.717, 1.165) is 0 Å². The molecule has 0 saturated carbocycles. The predicted octanol–water partition coefficient (Wildman–Crippen LogP) is 2.59. The van der Waals surface area contributed by atoms with Crippen LogP contribution in [0, 0.1) is 11.3 Å². The van der Waals surface area contributed by atoms with Crippen LogP contribution in [0.2, 0.25) is 0 Å². The van der Waals surface area contributed by atoms with E-state index in [2.05, 4.69) is 5.32 Å². The second-order valence-electron chi connectivity index (χ2n) is 5.13. The smallest absolute Gasteiger partial charge is 0.257 e. The fraction of sp³-hybridized carbons (Fsp3) is 0.211. The quantitative estimate of drug-likeness (QED) is 0.444. The van der Waals surface area contributed by atoms with Gasteiger partial charge in [0, 0.05) is 6.54 Å². The number of carbonyl (C=O) groups excluding carboxylic acids is 2. The molecular formula is C19H18N2O5. The SMILES string of the molecule is CCNC(=O)COc1ccc(/C=C(\C#N)C(=O)c2ccco2)cc1OC. The van der Waals surface area contributed by atoms with Gasteiger partial charge < -0.3 is 19.2 Å². The summed E-state index contributed by atoms with van der Waals surface area (Å²) in [5, 5.41) is 11.9. The Kier molecular flexibility index (Phi) is 6.57. The van der Waals surface area contributed by atoms with Crippen molar-refractivity contribution >= 4 is 17.8 Å². The Bertz CT molecular complexity index is 847. The third-order valence-electron chi connectivity index (χ3n) is 3.34. The Morgan fingerprint density at radius 2 is 2.12 bits per heavy atom. The van der Waals surface area contributed by atoms with Crippen LogP contribution in [0.15, 0.2) is 46.6 Å². The number of hydrogen-bond donors (Lipinski definition) is 1. The third kappa shape index (κ3) is 4.74. The molecular weight excluding hydrogens is 336 g/mol. The maximum atomic E-state index is 12.2. The first-order valence-electron chi connectivity index (χ1n) is 7.86. The molecule has 0 unspecified atom stereocenters. The van der Waals surface area contributed by atoms with Gasteiger partial charge in [-0.15, -0.1) is 0 Å². The second-order valence-corrected chi connectivity index (χ2v) is 5.13. The number of amides is 1. The lowest BCUT2D eigenvalue weighted by molar-refractivity contribution is -0.123. The summed E-state index contributed by atoms with van der Waals surface area (Å²) >= 11 is 0. The second kappa shape index (κ2) is 9.08. The van der Waals surface area contributed by atoms with Crippen LogP contribution in [0.25, 0.3) is 6.08 Å². The maximum Gasteiger partial charge on any atom is 0.257 e. The molecule has 7 heteroatoms. The van der Waals surface area contributed by atoms with Gasteiger partial charge in [-0.2, -0.15) is 5.26 Å². The molecule has 2 rings (SSSR count). The molecule has 1 N–H and O–H groups in total. The maximum absolute atomic E-state index is 12.2. The van der Waals surface area contributed by atoms with E-state index < -0.39 is 5.78 Å².